The Hall–Kier alpha value is -1.54. The van der Waals surface area contributed by atoms with Crippen molar-refractivity contribution in [1.82, 2.24) is 5.32 Å². The van der Waals surface area contributed by atoms with Crippen LogP contribution in [0.15, 0.2) is 10.5 Å². The minimum atomic E-state index is -4.19. The van der Waals surface area contributed by atoms with Crippen LogP contribution in [0.25, 0.3) is 0 Å². The second-order valence-corrected chi connectivity index (χ2v) is 7.60. The number of hydrogen-bond donors (Lipinski definition) is 3. The maximum Gasteiger partial charge on any atom is 0.389 e. The standard InChI is InChI=1S/C18H27F3N2O3/c1-12-13(17(11-24)6-4-7-17)10-14(26-12)23-15(25)16(2,3)22-9-5-8-18(19,20)21/h10,22,24H,4-9,11H2,1-3H3,(H,23,25). The van der Waals surface area contributed by atoms with Crippen molar-refractivity contribution in [3.63, 3.8) is 0 Å². The van der Waals surface area contributed by atoms with E-state index in [1.165, 1.54) is 0 Å². The number of carbonyl (C=O) groups is 1. The van der Waals surface area contributed by atoms with E-state index in [2.05, 4.69) is 10.6 Å². The summed E-state index contributed by atoms with van der Waals surface area (Å²) in [5.74, 6) is 0.550. The van der Waals surface area contributed by atoms with Gasteiger partial charge in [-0.1, -0.05) is 6.42 Å². The predicted molar refractivity (Wildman–Crippen MR) is 92.1 cm³/mol. The number of amides is 1. The first-order valence-electron chi connectivity index (χ1n) is 8.84. The van der Waals surface area contributed by atoms with Crippen LogP contribution in [0.2, 0.25) is 0 Å². The van der Waals surface area contributed by atoms with Gasteiger partial charge < -0.3 is 14.8 Å². The Bertz CT molecular complexity index is 629. The summed E-state index contributed by atoms with van der Waals surface area (Å²) in [6.45, 7) is 5.12. The molecule has 1 aromatic heterocycles. The van der Waals surface area contributed by atoms with Gasteiger partial charge in [-0.2, -0.15) is 13.2 Å². The van der Waals surface area contributed by atoms with Crippen LogP contribution < -0.4 is 10.6 Å². The lowest BCUT2D eigenvalue weighted by Crippen LogP contribution is -2.50. The lowest BCUT2D eigenvalue weighted by molar-refractivity contribution is -0.135. The number of carbonyl (C=O) groups excluding carboxylic acids is 1. The molecule has 0 aliphatic heterocycles. The third-order valence-corrected chi connectivity index (χ3v) is 5.11. The van der Waals surface area contributed by atoms with E-state index in [4.69, 9.17) is 4.42 Å². The Balaban J connectivity index is 1.94. The van der Waals surface area contributed by atoms with E-state index >= 15 is 0 Å². The van der Waals surface area contributed by atoms with Gasteiger partial charge in [0, 0.05) is 23.5 Å². The van der Waals surface area contributed by atoms with E-state index in [1.807, 2.05) is 0 Å². The molecule has 1 aliphatic rings. The first-order valence-corrected chi connectivity index (χ1v) is 8.84. The zero-order valence-corrected chi connectivity index (χ0v) is 15.4. The summed E-state index contributed by atoms with van der Waals surface area (Å²) in [7, 11) is 0. The molecule has 148 valence electrons. The highest BCUT2D eigenvalue weighted by molar-refractivity contribution is 5.96. The summed E-state index contributed by atoms with van der Waals surface area (Å²) < 4.78 is 42.2. The Morgan fingerprint density at radius 3 is 2.50 bits per heavy atom. The highest BCUT2D eigenvalue weighted by Gasteiger charge is 2.41. The van der Waals surface area contributed by atoms with Crippen LogP contribution in [-0.2, 0) is 10.2 Å². The molecule has 0 radical (unpaired) electrons. The van der Waals surface area contributed by atoms with E-state index < -0.39 is 24.0 Å². The molecule has 26 heavy (non-hydrogen) atoms. The predicted octanol–water partition coefficient (Wildman–Crippen LogP) is 3.65. The minimum Gasteiger partial charge on any atom is -0.445 e. The molecule has 0 bridgehead atoms. The molecule has 5 nitrogen and oxygen atoms in total. The molecule has 1 aromatic rings. The zero-order valence-electron chi connectivity index (χ0n) is 15.4. The number of nitrogens with one attached hydrogen (secondary N) is 2. The van der Waals surface area contributed by atoms with E-state index in [9.17, 15) is 23.1 Å². The first kappa shape index (κ1) is 20.8. The minimum absolute atomic E-state index is 0.0347. The molecule has 3 N–H and O–H groups in total. The normalized spacial score (nSPS) is 17.0. The second-order valence-electron chi connectivity index (χ2n) is 7.60. The number of anilines is 1. The molecule has 8 heteroatoms. The van der Waals surface area contributed by atoms with Gasteiger partial charge in [-0.15, -0.1) is 0 Å². The second kappa shape index (κ2) is 7.60. The number of furan rings is 1. The van der Waals surface area contributed by atoms with Crippen molar-refractivity contribution in [3.05, 3.63) is 17.4 Å². The smallest absolute Gasteiger partial charge is 0.389 e. The number of alkyl halides is 3. The molecule has 0 aromatic carbocycles. The van der Waals surface area contributed by atoms with E-state index in [-0.39, 0.29) is 30.9 Å². The number of halogens is 3. The topological polar surface area (TPSA) is 74.5 Å². The highest BCUT2D eigenvalue weighted by Crippen LogP contribution is 2.46. The Morgan fingerprint density at radius 1 is 1.35 bits per heavy atom. The van der Waals surface area contributed by atoms with E-state index in [0.29, 0.717) is 5.76 Å². The summed E-state index contributed by atoms with van der Waals surface area (Å²) in [5.41, 5.74) is -0.433. The van der Waals surface area contributed by atoms with Crippen LogP contribution in [-0.4, -0.2) is 35.9 Å². The van der Waals surface area contributed by atoms with Crippen molar-refractivity contribution >= 4 is 11.8 Å². The van der Waals surface area contributed by atoms with Gasteiger partial charge in [-0.25, -0.2) is 0 Å². The number of hydrogen-bond acceptors (Lipinski definition) is 4. The summed E-state index contributed by atoms with van der Waals surface area (Å²) in [6.07, 6.45) is -2.37. The fourth-order valence-electron chi connectivity index (χ4n) is 3.22. The number of rotatable bonds is 8. The first-order chi connectivity index (χ1) is 12.0. The summed E-state index contributed by atoms with van der Waals surface area (Å²) in [6, 6.07) is 1.74. The SMILES string of the molecule is Cc1oc(NC(=O)C(C)(C)NCCCC(F)(F)F)cc1C1(CO)CCC1. The number of aliphatic hydroxyl groups is 1. The van der Waals surface area contributed by atoms with Crippen LogP contribution in [0, 0.1) is 6.92 Å². The third-order valence-electron chi connectivity index (χ3n) is 5.11. The molecular formula is C18H27F3N2O3. The maximum atomic E-state index is 12.4. The molecule has 0 atom stereocenters. The molecule has 0 saturated heterocycles. The average molecular weight is 376 g/mol. The summed E-state index contributed by atoms with van der Waals surface area (Å²) in [5, 5.41) is 15.2. The molecule has 1 fully saturated rings. The van der Waals surface area contributed by atoms with Crippen LogP contribution in [0.5, 0.6) is 0 Å². The van der Waals surface area contributed by atoms with E-state index in [0.717, 1.165) is 24.8 Å². The van der Waals surface area contributed by atoms with Gasteiger partial charge in [0.15, 0.2) is 5.88 Å². The maximum absolute atomic E-state index is 12.4. The summed E-state index contributed by atoms with van der Waals surface area (Å²) in [4.78, 5) is 12.4. The van der Waals surface area contributed by atoms with Crippen LogP contribution >= 0.6 is 0 Å². The molecule has 1 saturated carbocycles. The quantitative estimate of drug-likeness (QED) is 0.606. The van der Waals surface area contributed by atoms with Crippen molar-refractivity contribution in [2.45, 2.75) is 70.0 Å². The van der Waals surface area contributed by atoms with Gasteiger partial charge in [0.1, 0.15) is 5.76 Å². The van der Waals surface area contributed by atoms with Gasteiger partial charge in [-0.05, 0) is 46.6 Å². The molecule has 0 spiro atoms. The average Bonchev–Trinajstić information content (AvgIpc) is 2.83. The number of aliphatic hydroxyl groups excluding tert-OH is 1. The fourth-order valence-corrected chi connectivity index (χ4v) is 3.22. The highest BCUT2D eigenvalue weighted by atomic mass is 19.4. The summed E-state index contributed by atoms with van der Waals surface area (Å²) >= 11 is 0. The van der Waals surface area contributed by atoms with Gasteiger partial charge in [0.05, 0.1) is 12.1 Å². The lowest BCUT2D eigenvalue weighted by Gasteiger charge is -2.40. The van der Waals surface area contributed by atoms with Crippen molar-refractivity contribution in [3.8, 4) is 0 Å². The van der Waals surface area contributed by atoms with Gasteiger partial charge in [0.25, 0.3) is 0 Å². The van der Waals surface area contributed by atoms with Gasteiger partial charge in [-0.3, -0.25) is 10.1 Å². The van der Waals surface area contributed by atoms with Crippen LogP contribution in [0.1, 0.15) is 57.3 Å². The molecular weight excluding hydrogens is 349 g/mol. The van der Waals surface area contributed by atoms with Crippen molar-refractivity contribution < 1.29 is 27.5 Å². The number of aryl methyl sites for hydroxylation is 1. The van der Waals surface area contributed by atoms with Gasteiger partial charge in [0.2, 0.25) is 5.91 Å². The Kier molecular flexibility index (Phi) is 6.07. The molecule has 0 unspecified atom stereocenters. The van der Waals surface area contributed by atoms with Crippen molar-refractivity contribution in [1.29, 1.82) is 0 Å². The molecule has 1 amide bonds. The van der Waals surface area contributed by atoms with Crippen molar-refractivity contribution in [2.24, 2.45) is 0 Å². The largest absolute Gasteiger partial charge is 0.445 e. The molecule has 1 heterocycles. The third kappa shape index (κ3) is 4.79. The fraction of sp³-hybridized carbons (Fsp3) is 0.722. The van der Waals surface area contributed by atoms with Crippen LogP contribution in [0.3, 0.4) is 0 Å². The van der Waals surface area contributed by atoms with Gasteiger partial charge >= 0.3 is 6.18 Å². The van der Waals surface area contributed by atoms with Crippen molar-refractivity contribution in [2.75, 3.05) is 18.5 Å². The Labute approximate surface area is 151 Å². The Morgan fingerprint density at radius 2 is 2.00 bits per heavy atom. The lowest BCUT2D eigenvalue weighted by atomic mass is 9.65. The zero-order chi connectivity index (χ0) is 19.6. The van der Waals surface area contributed by atoms with E-state index in [1.54, 1.807) is 26.8 Å². The molecule has 2 rings (SSSR count). The molecule has 1 aliphatic carbocycles. The van der Waals surface area contributed by atoms with Crippen LogP contribution in [0.4, 0.5) is 19.1 Å². The monoisotopic (exact) mass is 376 g/mol.